The van der Waals surface area contributed by atoms with E-state index in [1.54, 1.807) is 12.1 Å². The average Bonchev–Trinajstić information content (AvgIpc) is 2.15. The highest BCUT2D eigenvalue weighted by Crippen LogP contribution is 2.17. The van der Waals surface area contributed by atoms with E-state index in [4.69, 9.17) is 4.74 Å². The zero-order chi connectivity index (χ0) is 9.68. The Morgan fingerprint density at radius 1 is 1.38 bits per heavy atom. The highest BCUT2D eigenvalue weighted by molar-refractivity contribution is 14.1. The van der Waals surface area contributed by atoms with Crippen molar-refractivity contribution >= 4 is 28.3 Å². The van der Waals surface area contributed by atoms with Gasteiger partial charge in [0.25, 0.3) is 5.69 Å². The monoisotopic (exact) mass is 293 g/mol. The minimum absolute atomic E-state index is 0.0850. The summed E-state index contributed by atoms with van der Waals surface area (Å²) in [5.74, 6) is 0.669. The second-order valence-electron chi connectivity index (χ2n) is 2.29. The largest absolute Gasteiger partial charge is 0.493 e. The third-order valence-electron chi connectivity index (χ3n) is 1.39. The summed E-state index contributed by atoms with van der Waals surface area (Å²) in [6.07, 6.45) is 0. The van der Waals surface area contributed by atoms with Gasteiger partial charge in [0, 0.05) is 16.6 Å². The van der Waals surface area contributed by atoms with Crippen molar-refractivity contribution in [3.8, 4) is 5.75 Å². The lowest BCUT2D eigenvalue weighted by molar-refractivity contribution is -0.384. The summed E-state index contributed by atoms with van der Waals surface area (Å²) in [6, 6.07) is 6.07. The van der Waals surface area contributed by atoms with E-state index in [-0.39, 0.29) is 5.69 Å². The van der Waals surface area contributed by atoms with Crippen LogP contribution in [0.25, 0.3) is 0 Å². The quantitative estimate of drug-likeness (QED) is 0.371. The molecule has 4 nitrogen and oxygen atoms in total. The van der Waals surface area contributed by atoms with E-state index in [1.807, 2.05) is 0 Å². The molecule has 70 valence electrons. The van der Waals surface area contributed by atoms with Crippen LogP contribution in [0.4, 0.5) is 5.69 Å². The second kappa shape index (κ2) is 5.00. The maximum Gasteiger partial charge on any atom is 0.269 e. The molecule has 0 saturated heterocycles. The van der Waals surface area contributed by atoms with Crippen LogP contribution in [-0.4, -0.2) is 16.0 Å². The number of alkyl halides is 1. The lowest BCUT2D eigenvalue weighted by Crippen LogP contribution is -1.97. The molecule has 0 radical (unpaired) electrons. The van der Waals surface area contributed by atoms with E-state index in [2.05, 4.69) is 22.6 Å². The van der Waals surface area contributed by atoms with Crippen LogP contribution in [0.1, 0.15) is 0 Å². The van der Waals surface area contributed by atoms with Crippen molar-refractivity contribution in [3.05, 3.63) is 34.4 Å². The number of hydrogen-bond donors (Lipinski definition) is 0. The first kappa shape index (κ1) is 10.2. The van der Waals surface area contributed by atoms with Crippen molar-refractivity contribution < 1.29 is 9.66 Å². The molecule has 0 fully saturated rings. The molecule has 1 rings (SSSR count). The number of rotatable bonds is 4. The van der Waals surface area contributed by atoms with Gasteiger partial charge in [-0.25, -0.2) is 0 Å². The maximum absolute atomic E-state index is 10.3. The van der Waals surface area contributed by atoms with Gasteiger partial charge in [-0.2, -0.15) is 0 Å². The van der Waals surface area contributed by atoms with E-state index >= 15 is 0 Å². The summed E-state index contributed by atoms with van der Waals surface area (Å²) in [6.45, 7) is 0.623. The Labute approximate surface area is 89.2 Å². The maximum atomic E-state index is 10.3. The van der Waals surface area contributed by atoms with Crippen molar-refractivity contribution in [1.29, 1.82) is 0 Å². The van der Waals surface area contributed by atoms with Gasteiger partial charge >= 0.3 is 0 Å². The van der Waals surface area contributed by atoms with Gasteiger partial charge in [0.05, 0.1) is 11.5 Å². The molecule has 0 aliphatic carbocycles. The Kier molecular flexibility index (Phi) is 3.94. The molecule has 0 spiro atoms. The lowest BCUT2D eigenvalue weighted by atomic mass is 10.3. The van der Waals surface area contributed by atoms with Crippen molar-refractivity contribution in [1.82, 2.24) is 0 Å². The molecule has 0 unspecified atom stereocenters. The SMILES string of the molecule is O=[N+]([O-])c1ccc(OCCI)cc1. The smallest absolute Gasteiger partial charge is 0.269 e. The van der Waals surface area contributed by atoms with Crippen LogP contribution in [0.2, 0.25) is 0 Å². The molecule has 1 aromatic rings. The minimum Gasteiger partial charge on any atom is -0.493 e. The van der Waals surface area contributed by atoms with Gasteiger partial charge in [-0.1, -0.05) is 22.6 Å². The zero-order valence-electron chi connectivity index (χ0n) is 6.77. The molecule has 0 aliphatic heterocycles. The summed E-state index contributed by atoms with van der Waals surface area (Å²) in [5.41, 5.74) is 0.0850. The Hall–Kier alpha value is -0.850. The summed E-state index contributed by atoms with van der Waals surface area (Å²) in [7, 11) is 0. The molecular weight excluding hydrogens is 285 g/mol. The minimum atomic E-state index is -0.428. The molecular formula is C8H8INO3. The van der Waals surface area contributed by atoms with E-state index < -0.39 is 4.92 Å². The molecule has 0 saturated carbocycles. The highest BCUT2D eigenvalue weighted by Gasteiger charge is 2.03. The van der Waals surface area contributed by atoms with E-state index in [9.17, 15) is 10.1 Å². The first-order valence-corrected chi connectivity index (χ1v) is 5.20. The van der Waals surface area contributed by atoms with Crippen molar-refractivity contribution in [2.45, 2.75) is 0 Å². The number of nitro benzene ring substituents is 1. The predicted molar refractivity (Wildman–Crippen MR) is 57.5 cm³/mol. The topological polar surface area (TPSA) is 52.4 Å². The zero-order valence-corrected chi connectivity index (χ0v) is 8.93. The number of hydrogen-bond acceptors (Lipinski definition) is 3. The van der Waals surface area contributed by atoms with Gasteiger partial charge in [0.2, 0.25) is 0 Å². The Morgan fingerprint density at radius 2 is 2.00 bits per heavy atom. The fourth-order valence-corrected chi connectivity index (χ4v) is 1.04. The summed E-state index contributed by atoms with van der Waals surface area (Å²) >= 11 is 2.20. The average molecular weight is 293 g/mol. The van der Waals surface area contributed by atoms with E-state index in [0.29, 0.717) is 12.4 Å². The van der Waals surface area contributed by atoms with Crippen LogP contribution < -0.4 is 4.74 Å². The van der Waals surface area contributed by atoms with Gasteiger partial charge in [0.1, 0.15) is 5.75 Å². The van der Waals surface area contributed by atoms with Crippen molar-refractivity contribution in [3.63, 3.8) is 0 Å². The Balaban J connectivity index is 2.64. The molecule has 0 aliphatic rings. The standard InChI is InChI=1S/C8H8INO3/c9-5-6-13-8-3-1-7(2-4-8)10(11)12/h1-4H,5-6H2. The molecule has 0 aromatic heterocycles. The van der Waals surface area contributed by atoms with E-state index in [1.165, 1.54) is 12.1 Å². The predicted octanol–water partition coefficient (Wildman–Crippen LogP) is 2.41. The third-order valence-corrected chi connectivity index (χ3v) is 1.83. The van der Waals surface area contributed by atoms with Gasteiger partial charge in [-0.05, 0) is 12.1 Å². The van der Waals surface area contributed by atoms with Crippen LogP contribution in [0.15, 0.2) is 24.3 Å². The van der Waals surface area contributed by atoms with Gasteiger partial charge in [0.15, 0.2) is 0 Å². The number of ether oxygens (including phenoxy) is 1. The van der Waals surface area contributed by atoms with Gasteiger partial charge in [-0.15, -0.1) is 0 Å². The lowest BCUT2D eigenvalue weighted by Gasteiger charge is -2.02. The number of halogens is 1. The second-order valence-corrected chi connectivity index (χ2v) is 3.37. The molecule has 0 N–H and O–H groups in total. The first-order chi connectivity index (χ1) is 6.24. The Bertz CT molecular complexity index is 286. The fraction of sp³-hybridized carbons (Fsp3) is 0.250. The Morgan fingerprint density at radius 3 is 2.46 bits per heavy atom. The first-order valence-electron chi connectivity index (χ1n) is 3.67. The summed E-state index contributed by atoms with van der Waals surface area (Å²) < 4.78 is 6.16. The van der Waals surface area contributed by atoms with Crippen molar-refractivity contribution in [2.24, 2.45) is 0 Å². The molecule has 0 atom stereocenters. The van der Waals surface area contributed by atoms with Crippen LogP contribution in [0, 0.1) is 10.1 Å². The van der Waals surface area contributed by atoms with Gasteiger partial charge in [-0.3, -0.25) is 10.1 Å². The molecule has 13 heavy (non-hydrogen) atoms. The third kappa shape index (κ3) is 3.17. The number of non-ortho nitro benzene ring substituents is 1. The molecule has 0 bridgehead atoms. The fourth-order valence-electron chi connectivity index (χ4n) is 0.821. The number of benzene rings is 1. The van der Waals surface area contributed by atoms with Crippen LogP contribution >= 0.6 is 22.6 Å². The summed E-state index contributed by atoms with van der Waals surface area (Å²) in [4.78, 5) is 9.86. The molecule has 5 heteroatoms. The highest BCUT2D eigenvalue weighted by atomic mass is 127. The molecule has 0 amide bonds. The van der Waals surface area contributed by atoms with Crippen LogP contribution in [0.3, 0.4) is 0 Å². The number of nitrogens with zero attached hydrogens (tertiary/aromatic N) is 1. The normalized spacial score (nSPS) is 9.62. The summed E-state index contributed by atoms with van der Waals surface area (Å²) in [5, 5.41) is 10.3. The van der Waals surface area contributed by atoms with E-state index in [0.717, 1.165) is 4.43 Å². The van der Waals surface area contributed by atoms with Crippen molar-refractivity contribution in [2.75, 3.05) is 11.0 Å². The number of nitro groups is 1. The molecule has 1 aromatic carbocycles. The van der Waals surface area contributed by atoms with Gasteiger partial charge < -0.3 is 4.74 Å². The van der Waals surface area contributed by atoms with Crippen LogP contribution in [0.5, 0.6) is 5.75 Å². The van der Waals surface area contributed by atoms with Crippen LogP contribution in [-0.2, 0) is 0 Å². The molecule has 0 heterocycles.